The van der Waals surface area contributed by atoms with Gasteiger partial charge in [0.15, 0.2) is 0 Å². The molecule has 0 saturated heterocycles. The van der Waals surface area contributed by atoms with Crippen LogP contribution in [0, 0.1) is 0 Å². The first-order valence-electron chi connectivity index (χ1n) is 7.33. The van der Waals surface area contributed by atoms with Gasteiger partial charge >= 0.3 is 5.97 Å². The van der Waals surface area contributed by atoms with Gasteiger partial charge < -0.3 is 9.84 Å². The number of hydrogen-bond acceptors (Lipinski definition) is 2. The van der Waals surface area contributed by atoms with Gasteiger partial charge in [0.1, 0.15) is 5.75 Å². The van der Waals surface area contributed by atoms with E-state index in [9.17, 15) is 9.90 Å². The summed E-state index contributed by atoms with van der Waals surface area (Å²) in [6, 6.07) is 15.0. The van der Waals surface area contributed by atoms with Gasteiger partial charge in [0.05, 0.1) is 11.7 Å². The highest BCUT2D eigenvalue weighted by Crippen LogP contribution is 2.34. The third-order valence-electron chi connectivity index (χ3n) is 3.91. The molecule has 0 aliphatic heterocycles. The van der Waals surface area contributed by atoms with Crippen LogP contribution in [0.4, 0.5) is 0 Å². The summed E-state index contributed by atoms with van der Waals surface area (Å²) in [5.74, 6) is -0.251. The van der Waals surface area contributed by atoms with Crippen molar-refractivity contribution in [2.45, 2.75) is 31.8 Å². The zero-order chi connectivity index (χ0) is 14.7. The van der Waals surface area contributed by atoms with Crippen LogP contribution in [0.15, 0.2) is 48.5 Å². The first-order valence-corrected chi connectivity index (χ1v) is 7.33. The predicted molar refractivity (Wildman–Crippen MR) is 81.7 cm³/mol. The average molecular weight is 282 g/mol. The molecule has 1 saturated carbocycles. The van der Waals surface area contributed by atoms with Crippen molar-refractivity contribution in [3.8, 4) is 16.9 Å². The topological polar surface area (TPSA) is 46.5 Å². The Kier molecular flexibility index (Phi) is 3.91. The van der Waals surface area contributed by atoms with E-state index in [1.165, 1.54) is 12.8 Å². The maximum absolute atomic E-state index is 11.2. The zero-order valence-electron chi connectivity index (χ0n) is 11.8. The van der Waals surface area contributed by atoms with Crippen molar-refractivity contribution in [1.29, 1.82) is 0 Å². The zero-order valence-corrected chi connectivity index (χ0v) is 11.8. The Morgan fingerprint density at radius 2 is 1.76 bits per heavy atom. The molecule has 2 aromatic carbocycles. The van der Waals surface area contributed by atoms with Crippen LogP contribution in [-0.2, 0) is 0 Å². The molecule has 0 unspecified atom stereocenters. The largest absolute Gasteiger partial charge is 0.490 e. The maximum Gasteiger partial charge on any atom is 0.335 e. The van der Waals surface area contributed by atoms with E-state index in [-0.39, 0.29) is 11.7 Å². The van der Waals surface area contributed by atoms with E-state index in [0.717, 1.165) is 24.0 Å². The highest BCUT2D eigenvalue weighted by molar-refractivity contribution is 5.89. The van der Waals surface area contributed by atoms with E-state index < -0.39 is 5.97 Å². The molecule has 0 aromatic heterocycles. The van der Waals surface area contributed by atoms with Gasteiger partial charge in [0.2, 0.25) is 0 Å². The number of carboxylic acids is 1. The van der Waals surface area contributed by atoms with Crippen LogP contribution in [-0.4, -0.2) is 17.2 Å². The van der Waals surface area contributed by atoms with Gasteiger partial charge in [-0.25, -0.2) is 4.79 Å². The molecule has 3 nitrogen and oxygen atoms in total. The van der Waals surface area contributed by atoms with Gasteiger partial charge in [0.25, 0.3) is 0 Å². The Morgan fingerprint density at radius 3 is 2.43 bits per heavy atom. The number of carbonyl (C=O) groups is 1. The number of hydrogen-bond donors (Lipinski definition) is 1. The Hall–Kier alpha value is -2.29. The van der Waals surface area contributed by atoms with Crippen LogP contribution in [0.5, 0.6) is 5.75 Å². The van der Waals surface area contributed by atoms with Crippen LogP contribution < -0.4 is 4.74 Å². The second kappa shape index (κ2) is 6.00. The highest BCUT2D eigenvalue weighted by Gasteiger charge is 2.19. The summed E-state index contributed by atoms with van der Waals surface area (Å²) in [6.45, 7) is 0. The molecule has 0 heterocycles. The first-order chi connectivity index (χ1) is 10.2. The molecule has 3 rings (SSSR count). The van der Waals surface area contributed by atoms with Crippen LogP contribution in [0.1, 0.15) is 36.0 Å². The normalized spacial score (nSPS) is 15.0. The lowest BCUT2D eigenvalue weighted by Gasteiger charge is -2.17. The van der Waals surface area contributed by atoms with E-state index in [2.05, 4.69) is 0 Å². The molecule has 0 spiro atoms. The molecule has 0 atom stereocenters. The van der Waals surface area contributed by atoms with Crippen molar-refractivity contribution < 1.29 is 14.6 Å². The van der Waals surface area contributed by atoms with Crippen molar-refractivity contribution in [2.24, 2.45) is 0 Å². The molecule has 1 N–H and O–H groups in total. The third-order valence-corrected chi connectivity index (χ3v) is 3.91. The summed E-state index contributed by atoms with van der Waals surface area (Å²) in [5.41, 5.74) is 2.26. The van der Waals surface area contributed by atoms with Crippen molar-refractivity contribution in [2.75, 3.05) is 0 Å². The summed E-state index contributed by atoms with van der Waals surface area (Å²) < 4.78 is 6.09. The molecule has 0 amide bonds. The van der Waals surface area contributed by atoms with E-state index in [1.54, 1.807) is 12.1 Å². The number of benzene rings is 2. The molecule has 0 radical (unpaired) electrons. The smallest absolute Gasteiger partial charge is 0.335 e. The van der Waals surface area contributed by atoms with Gasteiger partial charge in [-0.05, 0) is 49.4 Å². The number of rotatable bonds is 4. The third kappa shape index (κ3) is 3.07. The quantitative estimate of drug-likeness (QED) is 0.905. The van der Waals surface area contributed by atoms with Crippen LogP contribution >= 0.6 is 0 Å². The predicted octanol–water partition coefficient (Wildman–Crippen LogP) is 4.37. The molecule has 1 aliphatic rings. The Morgan fingerprint density at radius 1 is 1.05 bits per heavy atom. The van der Waals surface area contributed by atoms with E-state index in [4.69, 9.17) is 4.74 Å². The minimum absolute atomic E-state index is 0.205. The summed E-state index contributed by atoms with van der Waals surface area (Å²) >= 11 is 0. The SMILES string of the molecule is O=C(O)c1ccc(-c2ccccc2)c(OC2CCCC2)c1. The van der Waals surface area contributed by atoms with Crippen molar-refractivity contribution in [3.05, 3.63) is 54.1 Å². The molecule has 3 heteroatoms. The minimum atomic E-state index is -0.925. The molecular weight excluding hydrogens is 264 g/mol. The average Bonchev–Trinajstić information content (AvgIpc) is 3.01. The number of aromatic carboxylic acids is 1. The van der Waals surface area contributed by atoms with Gasteiger partial charge in [-0.15, -0.1) is 0 Å². The van der Waals surface area contributed by atoms with Crippen molar-refractivity contribution in [3.63, 3.8) is 0 Å². The summed E-state index contributed by atoms with van der Waals surface area (Å²) in [6.07, 6.45) is 4.67. The maximum atomic E-state index is 11.2. The Balaban J connectivity index is 1.99. The van der Waals surface area contributed by atoms with Crippen molar-refractivity contribution >= 4 is 5.97 Å². The van der Waals surface area contributed by atoms with E-state index >= 15 is 0 Å². The summed E-state index contributed by atoms with van der Waals surface area (Å²) in [5, 5.41) is 9.18. The molecule has 1 fully saturated rings. The number of carboxylic acid groups (broad SMARTS) is 1. The molecule has 2 aromatic rings. The van der Waals surface area contributed by atoms with Gasteiger partial charge in [0, 0.05) is 5.56 Å². The second-order valence-corrected chi connectivity index (χ2v) is 5.41. The van der Waals surface area contributed by atoms with E-state index in [0.29, 0.717) is 5.75 Å². The van der Waals surface area contributed by atoms with Gasteiger partial charge in [-0.1, -0.05) is 30.3 Å². The monoisotopic (exact) mass is 282 g/mol. The fraction of sp³-hybridized carbons (Fsp3) is 0.278. The highest BCUT2D eigenvalue weighted by atomic mass is 16.5. The van der Waals surface area contributed by atoms with E-state index in [1.807, 2.05) is 36.4 Å². The molecule has 0 bridgehead atoms. The first kappa shape index (κ1) is 13.7. The molecule has 108 valence electrons. The fourth-order valence-corrected chi connectivity index (χ4v) is 2.79. The Bertz CT molecular complexity index is 628. The lowest BCUT2D eigenvalue weighted by Crippen LogP contribution is -2.12. The van der Waals surface area contributed by atoms with Gasteiger partial charge in [-0.3, -0.25) is 0 Å². The van der Waals surface area contributed by atoms with Gasteiger partial charge in [-0.2, -0.15) is 0 Å². The number of ether oxygens (including phenoxy) is 1. The van der Waals surface area contributed by atoms with Crippen molar-refractivity contribution in [1.82, 2.24) is 0 Å². The molecule has 21 heavy (non-hydrogen) atoms. The molecule has 1 aliphatic carbocycles. The van der Waals surface area contributed by atoms with Crippen LogP contribution in [0.25, 0.3) is 11.1 Å². The van der Waals surface area contributed by atoms with Crippen LogP contribution in [0.3, 0.4) is 0 Å². The Labute approximate surface area is 124 Å². The summed E-state index contributed by atoms with van der Waals surface area (Å²) in [4.78, 5) is 11.2. The second-order valence-electron chi connectivity index (χ2n) is 5.41. The standard InChI is InChI=1S/C18H18O3/c19-18(20)14-10-11-16(13-6-2-1-3-7-13)17(12-14)21-15-8-4-5-9-15/h1-3,6-7,10-12,15H,4-5,8-9H2,(H,19,20). The lowest BCUT2D eigenvalue weighted by molar-refractivity contribution is 0.0696. The van der Waals surface area contributed by atoms with Crippen LogP contribution in [0.2, 0.25) is 0 Å². The fourth-order valence-electron chi connectivity index (χ4n) is 2.79. The molecular formula is C18H18O3. The lowest BCUT2D eigenvalue weighted by atomic mass is 10.0. The summed E-state index contributed by atoms with van der Waals surface area (Å²) in [7, 11) is 0. The minimum Gasteiger partial charge on any atom is -0.490 e.